The van der Waals surface area contributed by atoms with Crippen molar-refractivity contribution in [3.8, 4) is 0 Å². The van der Waals surface area contributed by atoms with Gasteiger partial charge in [0.05, 0.1) is 6.10 Å². The van der Waals surface area contributed by atoms with Gasteiger partial charge in [0.25, 0.3) is 0 Å². The van der Waals surface area contributed by atoms with Gasteiger partial charge in [0.15, 0.2) is 0 Å². The van der Waals surface area contributed by atoms with Crippen LogP contribution in [0.25, 0.3) is 0 Å². The van der Waals surface area contributed by atoms with Crippen molar-refractivity contribution >= 4 is 5.97 Å². The largest absolute Gasteiger partial charge is 0.480 e. The number of carboxylic acid groups (broad SMARTS) is 1. The molecule has 1 aliphatic heterocycles. The number of ether oxygens (including phenoxy) is 1. The Morgan fingerprint density at radius 2 is 2.13 bits per heavy atom. The summed E-state index contributed by atoms with van der Waals surface area (Å²) in [6.45, 7) is 3.71. The lowest BCUT2D eigenvalue weighted by molar-refractivity contribution is -0.144. The molecule has 1 aliphatic rings. The Balaban J connectivity index is 2.45. The zero-order chi connectivity index (χ0) is 11.3. The first-order valence-corrected chi connectivity index (χ1v) is 5.68. The second-order valence-electron chi connectivity index (χ2n) is 4.11. The Morgan fingerprint density at radius 1 is 1.53 bits per heavy atom. The average molecular weight is 215 g/mol. The maximum atomic E-state index is 11.1. The van der Waals surface area contributed by atoms with Gasteiger partial charge < -0.3 is 9.84 Å². The standard InChI is InChI=1S/C11H21NO3/c1-3-4-10(11(13)14)12-7-5-9(15-2)6-8-12/h9-10H,3-8H2,1-2H3,(H,13,14). The van der Waals surface area contributed by atoms with Crippen LogP contribution in [0, 0.1) is 0 Å². The Morgan fingerprint density at radius 3 is 2.53 bits per heavy atom. The fourth-order valence-corrected chi connectivity index (χ4v) is 2.16. The van der Waals surface area contributed by atoms with Crippen molar-refractivity contribution in [2.24, 2.45) is 0 Å². The zero-order valence-corrected chi connectivity index (χ0v) is 9.61. The van der Waals surface area contributed by atoms with E-state index in [1.54, 1.807) is 7.11 Å². The number of carbonyl (C=O) groups is 1. The Labute approximate surface area is 91.2 Å². The van der Waals surface area contributed by atoms with Gasteiger partial charge in [-0.1, -0.05) is 13.3 Å². The molecule has 15 heavy (non-hydrogen) atoms. The molecular weight excluding hydrogens is 194 g/mol. The van der Waals surface area contributed by atoms with E-state index in [9.17, 15) is 4.79 Å². The summed E-state index contributed by atoms with van der Waals surface area (Å²) in [5, 5.41) is 9.11. The fraction of sp³-hybridized carbons (Fsp3) is 0.909. The zero-order valence-electron chi connectivity index (χ0n) is 9.61. The lowest BCUT2D eigenvalue weighted by Gasteiger charge is -2.35. The van der Waals surface area contributed by atoms with Crippen LogP contribution in [0.5, 0.6) is 0 Å². The van der Waals surface area contributed by atoms with Crippen molar-refractivity contribution in [3.05, 3.63) is 0 Å². The first-order valence-electron chi connectivity index (χ1n) is 5.68. The molecule has 4 heteroatoms. The minimum atomic E-state index is -0.687. The summed E-state index contributed by atoms with van der Waals surface area (Å²) in [6, 6.07) is -0.298. The van der Waals surface area contributed by atoms with Crippen LogP contribution in [0.2, 0.25) is 0 Å². The van der Waals surface area contributed by atoms with Crippen LogP contribution in [0.3, 0.4) is 0 Å². The number of aliphatic carboxylic acids is 1. The predicted molar refractivity (Wildman–Crippen MR) is 57.9 cm³/mol. The van der Waals surface area contributed by atoms with Crippen LogP contribution in [0.1, 0.15) is 32.6 Å². The molecule has 0 saturated carbocycles. The topological polar surface area (TPSA) is 49.8 Å². The molecule has 1 N–H and O–H groups in total. The maximum Gasteiger partial charge on any atom is 0.320 e. The first-order chi connectivity index (χ1) is 7.19. The quantitative estimate of drug-likeness (QED) is 0.752. The van der Waals surface area contributed by atoms with Crippen LogP contribution in [-0.2, 0) is 9.53 Å². The monoisotopic (exact) mass is 215 g/mol. The molecule has 0 aromatic rings. The van der Waals surface area contributed by atoms with Crippen molar-refractivity contribution in [2.45, 2.75) is 44.8 Å². The highest BCUT2D eigenvalue weighted by molar-refractivity contribution is 5.73. The predicted octanol–water partition coefficient (Wildman–Crippen LogP) is 1.35. The number of likely N-dealkylation sites (tertiary alicyclic amines) is 1. The molecule has 0 aliphatic carbocycles. The van der Waals surface area contributed by atoms with Crippen molar-refractivity contribution < 1.29 is 14.6 Å². The molecule has 88 valence electrons. The van der Waals surface area contributed by atoms with Gasteiger partial charge in [-0.3, -0.25) is 9.69 Å². The second kappa shape index (κ2) is 6.08. The molecule has 0 radical (unpaired) electrons. The Hall–Kier alpha value is -0.610. The number of piperidine rings is 1. The molecule has 4 nitrogen and oxygen atoms in total. The SMILES string of the molecule is CCCC(C(=O)O)N1CCC(OC)CC1. The van der Waals surface area contributed by atoms with Gasteiger partial charge in [-0.2, -0.15) is 0 Å². The minimum absolute atomic E-state index is 0.298. The summed E-state index contributed by atoms with van der Waals surface area (Å²) < 4.78 is 5.27. The number of hydrogen-bond acceptors (Lipinski definition) is 3. The average Bonchev–Trinajstić information content (AvgIpc) is 2.26. The van der Waals surface area contributed by atoms with Gasteiger partial charge >= 0.3 is 5.97 Å². The third kappa shape index (κ3) is 3.47. The van der Waals surface area contributed by atoms with Crippen LogP contribution in [-0.4, -0.2) is 48.3 Å². The van der Waals surface area contributed by atoms with Crippen LogP contribution < -0.4 is 0 Å². The Bertz CT molecular complexity index is 200. The van der Waals surface area contributed by atoms with Crippen LogP contribution in [0.4, 0.5) is 0 Å². The summed E-state index contributed by atoms with van der Waals surface area (Å²) in [6.07, 6.45) is 3.87. The number of carboxylic acids is 1. The van der Waals surface area contributed by atoms with E-state index in [1.807, 2.05) is 6.92 Å². The van der Waals surface area contributed by atoms with E-state index in [0.29, 0.717) is 6.10 Å². The summed E-state index contributed by atoms with van der Waals surface area (Å²) >= 11 is 0. The number of hydrogen-bond donors (Lipinski definition) is 1. The van der Waals surface area contributed by atoms with Gasteiger partial charge in [-0.15, -0.1) is 0 Å². The number of nitrogens with zero attached hydrogens (tertiary/aromatic N) is 1. The molecule has 1 rings (SSSR count). The highest BCUT2D eigenvalue weighted by Crippen LogP contribution is 2.17. The van der Waals surface area contributed by atoms with Gasteiger partial charge in [-0.25, -0.2) is 0 Å². The summed E-state index contributed by atoms with van der Waals surface area (Å²) in [7, 11) is 1.72. The van der Waals surface area contributed by atoms with Crippen molar-refractivity contribution in [1.82, 2.24) is 4.90 Å². The molecule has 1 atom stereocenters. The number of rotatable bonds is 5. The lowest BCUT2D eigenvalue weighted by atomic mass is 10.0. The molecule has 1 saturated heterocycles. The summed E-state index contributed by atoms with van der Waals surface area (Å²) in [4.78, 5) is 13.1. The van der Waals surface area contributed by atoms with E-state index in [4.69, 9.17) is 9.84 Å². The van der Waals surface area contributed by atoms with E-state index >= 15 is 0 Å². The molecular formula is C11H21NO3. The lowest BCUT2D eigenvalue weighted by Crippen LogP contribution is -2.46. The highest BCUT2D eigenvalue weighted by Gasteiger charge is 2.28. The van der Waals surface area contributed by atoms with E-state index in [2.05, 4.69) is 4.90 Å². The molecule has 0 aromatic heterocycles. The number of methoxy groups -OCH3 is 1. The molecule has 0 aromatic carbocycles. The summed E-state index contributed by atoms with van der Waals surface area (Å²) in [5.74, 6) is -0.687. The molecule has 1 fully saturated rings. The van der Waals surface area contributed by atoms with Crippen molar-refractivity contribution in [1.29, 1.82) is 0 Å². The minimum Gasteiger partial charge on any atom is -0.480 e. The third-order valence-corrected chi connectivity index (χ3v) is 3.10. The molecule has 0 spiro atoms. The van der Waals surface area contributed by atoms with Gasteiger partial charge in [0.1, 0.15) is 6.04 Å². The summed E-state index contributed by atoms with van der Waals surface area (Å²) in [5.41, 5.74) is 0. The molecule has 1 unspecified atom stereocenters. The first kappa shape index (κ1) is 12.5. The van der Waals surface area contributed by atoms with E-state index in [0.717, 1.165) is 38.8 Å². The van der Waals surface area contributed by atoms with Crippen LogP contribution >= 0.6 is 0 Å². The van der Waals surface area contributed by atoms with Crippen molar-refractivity contribution in [3.63, 3.8) is 0 Å². The Kier molecular flexibility index (Phi) is 5.05. The highest BCUT2D eigenvalue weighted by atomic mass is 16.5. The van der Waals surface area contributed by atoms with E-state index < -0.39 is 5.97 Å². The molecule has 1 heterocycles. The fourth-order valence-electron chi connectivity index (χ4n) is 2.16. The second-order valence-corrected chi connectivity index (χ2v) is 4.11. The van der Waals surface area contributed by atoms with E-state index in [-0.39, 0.29) is 6.04 Å². The van der Waals surface area contributed by atoms with Crippen LogP contribution in [0.15, 0.2) is 0 Å². The van der Waals surface area contributed by atoms with Gasteiger partial charge in [0.2, 0.25) is 0 Å². The van der Waals surface area contributed by atoms with E-state index in [1.165, 1.54) is 0 Å². The molecule has 0 bridgehead atoms. The van der Waals surface area contributed by atoms with Gasteiger partial charge in [0, 0.05) is 20.2 Å². The molecule has 0 amide bonds. The maximum absolute atomic E-state index is 11.1. The normalized spacial score (nSPS) is 21.5. The van der Waals surface area contributed by atoms with Gasteiger partial charge in [-0.05, 0) is 19.3 Å². The smallest absolute Gasteiger partial charge is 0.320 e. The third-order valence-electron chi connectivity index (χ3n) is 3.10. The van der Waals surface area contributed by atoms with Crippen molar-refractivity contribution in [2.75, 3.05) is 20.2 Å².